The van der Waals surface area contributed by atoms with Crippen molar-refractivity contribution in [1.29, 1.82) is 0 Å². The molecule has 0 saturated carbocycles. The van der Waals surface area contributed by atoms with Gasteiger partial charge in [0.05, 0.1) is 0 Å². The summed E-state index contributed by atoms with van der Waals surface area (Å²) in [5.41, 5.74) is 0.790. The summed E-state index contributed by atoms with van der Waals surface area (Å²) in [5.74, 6) is 0.200. The van der Waals surface area contributed by atoms with Crippen LogP contribution in [0.5, 0.6) is 0 Å². The van der Waals surface area contributed by atoms with Gasteiger partial charge in [-0.05, 0) is 24.5 Å². The van der Waals surface area contributed by atoms with Crippen LogP contribution in [-0.2, 0) is 0 Å². The number of rotatable bonds is 6. The number of ketones is 1. The highest BCUT2D eigenvalue weighted by Gasteiger charge is 2.11. The van der Waals surface area contributed by atoms with Crippen LogP contribution in [0.4, 0.5) is 0 Å². The molecule has 0 aliphatic carbocycles. The van der Waals surface area contributed by atoms with Gasteiger partial charge in [-0.15, -0.1) is 0 Å². The Morgan fingerprint density at radius 2 is 2.00 bits per heavy atom. The van der Waals surface area contributed by atoms with Crippen molar-refractivity contribution in [3.63, 3.8) is 0 Å². The molecular weight excluding hydrogens is 236 g/mol. The number of hydrogen-bond donors (Lipinski definition) is 0. The van der Waals surface area contributed by atoms with Crippen LogP contribution in [-0.4, -0.2) is 35.3 Å². The fourth-order valence-electron chi connectivity index (χ4n) is 2.29. The smallest absolute Gasteiger partial charge is 0.164 e. The third-order valence-electron chi connectivity index (χ3n) is 3.53. The predicted octanol–water partition coefficient (Wildman–Crippen LogP) is 3.15. The van der Waals surface area contributed by atoms with E-state index >= 15 is 0 Å². The fraction of sp³-hybridized carbons (Fsp3) is 0.375. The molecule has 2 rings (SSSR count). The summed E-state index contributed by atoms with van der Waals surface area (Å²) in [7, 11) is 0. The van der Waals surface area contributed by atoms with Gasteiger partial charge in [0.25, 0.3) is 0 Å². The zero-order valence-corrected chi connectivity index (χ0v) is 11.6. The summed E-state index contributed by atoms with van der Waals surface area (Å²) in [5, 5.41) is 2.03. The summed E-state index contributed by atoms with van der Waals surface area (Å²) in [6.45, 7) is 7.04. The van der Waals surface area contributed by atoms with Crippen molar-refractivity contribution in [3.8, 4) is 0 Å². The zero-order chi connectivity index (χ0) is 13.7. The highest BCUT2D eigenvalue weighted by molar-refractivity contribution is 6.07. The van der Waals surface area contributed by atoms with Crippen LogP contribution < -0.4 is 0 Å². The minimum Gasteiger partial charge on any atom is -0.303 e. The van der Waals surface area contributed by atoms with Gasteiger partial charge < -0.3 is 4.90 Å². The van der Waals surface area contributed by atoms with Crippen molar-refractivity contribution in [3.05, 3.63) is 42.2 Å². The van der Waals surface area contributed by atoms with Crippen molar-refractivity contribution in [1.82, 2.24) is 9.88 Å². The lowest BCUT2D eigenvalue weighted by molar-refractivity contribution is 0.0968. The Balaban J connectivity index is 2.17. The topological polar surface area (TPSA) is 33.2 Å². The second kappa shape index (κ2) is 6.43. The van der Waals surface area contributed by atoms with Crippen LogP contribution in [0, 0.1) is 0 Å². The van der Waals surface area contributed by atoms with Gasteiger partial charge in [-0.2, -0.15) is 0 Å². The fourth-order valence-corrected chi connectivity index (χ4v) is 2.29. The molecule has 1 heterocycles. The molecule has 0 amide bonds. The molecule has 0 unspecified atom stereocenters. The van der Waals surface area contributed by atoms with Crippen LogP contribution >= 0.6 is 0 Å². The first-order chi connectivity index (χ1) is 9.26. The maximum Gasteiger partial charge on any atom is 0.164 e. The van der Waals surface area contributed by atoms with Gasteiger partial charge in [0.2, 0.25) is 0 Å². The Kier molecular flexibility index (Phi) is 4.63. The third kappa shape index (κ3) is 3.18. The van der Waals surface area contributed by atoms with Crippen LogP contribution in [0.15, 0.2) is 36.7 Å². The molecule has 2 aromatic rings. The van der Waals surface area contributed by atoms with Gasteiger partial charge in [0.1, 0.15) is 0 Å². The lowest BCUT2D eigenvalue weighted by Gasteiger charge is -2.17. The number of nitrogens with zero attached hydrogens (tertiary/aromatic N) is 2. The Hall–Kier alpha value is -1.74. The van der Waals surface area contributed by atoms with E-state index in [0.717, 1.165) is 36.0 Å². The van der Waals surface area contributed by atoms with Gasteiger partial charge in [-0.1, -0.05) is 32.0 Å². The lowest BCUT2D eigenvalue weighted by Crippen LogP contribution is -2.25. The molecule has 1 aromatic heterocycles. The van der Waals surface area contributed by atoms with Gasteiger partial charge in [0.15, 0.2) is 5.78 Å². The van der Waals surface area contributed by atoms with E-state index in [4.69, 9.17) is 0 Å². The number of benzene rings is 1. The van der Waals surface area contributed by atoms with Gasteiger partial charge in [-0.25, -0.2) is 0 Å². The van der Waals surface area contributed by atoms with Gasteiger partial charge in [0, 0.05) is 36.3 Å². The molecule has 0 aliphatic heterocycles. The Labute approximate surface area is 114 Å². The van der Waals surface area contributed by atoms with Crippen LogP contribution in [0.2, 0.25) is 0 Å². The molecule has 0 bridgehead atoms. The molecule has 0 saturated heterocycles. The van der Waals surface area contributed by atoms with E-state index in [2.05, 4.69) is 23.7 Å². The number of Topliss-reactive ketones (excluding diaryl/α,β-unsaturated/α-hetero) is 1. The number of aromatic nitrogens is 1. The van der Waals surface area contributed by atoms with Crippen molar-refractivity contribution < 1.29 is 4.79 Å². The normalized spacial score (nSPS) is 11.1. The lowest BCUT2D eigenvalue weighted by atomic mass is 10.0. The first kappa shape index (κ1) is 13.7. The molecule has 0 spiro atoms. The van der Waals surface area contributed by atoms with E-state index in [0.29, 0.717) is 6.42 Å². The van der Waals surface area contributed by atoms with E-state index in [1.165, 1.54) is 0 Å². The van der Waals surface area contributed by atoms with Crippen molar-refractivity contribution >= 4 is 16.6 Å². The van der Waals surface area contributed by atoms with Crippen LogP contribution in [0.3, 0.4) is 0 Å². The molecule has 0 aliphatic rings. The monoisotopic (exact) mass is 256 g/mol. The molecule has 100 valence electrons. The predicted molar refractivity (Wildman–Crippen MR) is 78.5 cm³/mol. The molecular formula is C16H20N2O. The largest absolute Gasteiger partial charge is 0.303 e. The Morgan fingerprint density at radius 1 is 1.21 bits per heavy atom. The highest BCUT2D eigenvalue weighted by atomic mass is 16.1. The van der Waals surface area contributed by atoms with Crippen molar-refractivity contribution in [2.24, 2.45) is 0 Å². The van der Waals surface area contributed by atoms with Crippen molar-refractivity contribution in [2.45, 2.75) is 20.3 Å². The number of pyridine rings is 1. The summed E-state index contributed by atoms with van der Waals surface area (Å²) in [6.07, 6.45) is 4.10. The zero-order valence-electron chi connectivity index (χ0n) is 11.6. The summed E-state index contributed by atoms with van der Waals surface area (Å²) in [4.78, 5) is 18.7. The number of hydrogen-bond acceptors (Lipinski definition) is 3. The van der Waals surface area contributed by atoms with E-state index in [9.17, 15) is 4.79 Å². The van der Waals surface area contributed by atoms with Crippen LogP contribution in [0.1, 0.15) is 30.6 Å². The van der Waals surface area contributed by atoms with E-state index in [-0.39, 0.29) is 5.78 Å². The maximum atomic E-state index is 12.3. The first-order valence-corrected chi connectivity index (χ1v) is 6.84. The maximum absolute atomic E-state index is 12.3. The molecule has 0 radical (unpaired) electrons. The van der Waals surface area contributed by atoms with E-state index in [1.54, 1.807) is 12.4 Å². The minimum atomic E-state index is 0.200. The number of carbonyl (C=O) groups excluding carboxylic acids is 1. The molecule has 0 N–H and O–H groups in total. The number of fused-ring (bicyclic) bond motifs is 1. The molecule has 0 atom stereocenters. The molecule has 3 heteroatoms. The quantitative estimate of drug-likeness (QED) is 0.744. The second-order valence-corrected chi connectivity index (χ2v) is 4.60. The minimum absolute atomic E-state index is 0.200. The molecule has 19 heavy (non-hydrogen) atoms. The average Bonchev–Trinajstić information content (AvgIpc) is 2.47. The summed E-state index contributed by atoms with van der Waals surface area (Å²) < 4.78 is 0. The summed E-state index contributed by atoms with van der Waals surface area (Å²) in [6, 6.07) is 7.79. The molecule has 3 nitrogen and oxygen atoms in total. The van der Waals surface area contributed by atoms with Gasteiger partial charge >= 0.3 is 0 Å². The second-order valence-electron chi connectivity index (χ2n) is 4.60. The first-order valence-electron chi connectivity index (χ1n) is 6.84. The summed E-state index contributed by atoms with van der Waals surface area (Å²) >= 11 is 0. The molecule has 0 fully saturated rings. The Bertz CT molecular complexity index is 556. The highest BCUT2D eigenvalue weighted by Crippen LogP contribution is 2.18. The average molecular weight is 256 g/mol. The third-order valence-corrected chi connectivity index (χ3v) is 3.53. The Morgan fingerprint density at radius 3 is 2.74 bits per heavy atom. The number of carbonyl (C=O) groups is 1. The SMILES string of the molecule is CCN(CC)CCC(=O)c1cccc2ccncc12. The van der Waals surface area contributed by atoms with E-state index in [1.807, 2.05) is 24.3 Å². The van der Waals surface area contributed by atoms with E-state index < -0.39 is 0 Å². The van der Waals surface area contributed by atoms with Crippen molar-refractivity contribution in [2.75, 3.05) is 19.6 Å². The van der Waals surface area contributed by atoms with Crippen LogP contribution in [0.25, 0.3) is 10.8 Å². The molecule has 1 aromatic carbocycles. The van der Waals surface area contributed by atoms with Gasteiger partial charge in [-0.3, -0.25) is 9.78 Å². The standard InChI is InChI=1S/C16H20N2O/c1-3-18(4-2)11-9-16(19)14-7-5-6-13-8-10-17-12-15(13)14/h5-8,10,12H,3-4,9,11H2,1-2H3.